The summed E-state index contributed by atoms with van der Waals surface area (Å²) in [7, 11) is 0. The largest absolute Gasteiger partial charge is 0.364 e. The van der Waals surface area contributed by atoms with Crippen LogP contribution in [0.4, 0.5) is 5.82 Å². The molecule has 1 aromatic carbocycles. The van der Waals surface area contributed by atoms with Crippen LogP contribution in [0, 0.1) is 0 Å². The first-order valence-corrected chi connectivity index (χ1v) is 6.98. The standard InChI is InChI=1S/C13H17N3S/c14-10-6-2-3-7-11(10)15-13-9-5-1-4-8-12(9)17-16-13/h1,4-5,8,10-11H,2-3,6-7,14H2,(H,15,16). The highest BCUT2D eigenvalue weighted by Crippen LogP contribution is 2.28. The van der Waals surface area contributed by atoms with Crippen molar-refractivity contribution in [3.05, 3.63) is 24.3 Å². The molecule has 3 nitrogen and oxygen atoms in total. The van der Waals surface area contributed by atoms with E-state index < -0.39 is 0 Å². The molecule has 3 rings (SSSR count). The molecule has 0 saturated heterocycles. The van der Waals surface area contributed by atoms with Crippen molar-refractivity contribution in [2.45, 2.75) is 37.8 Å². The van der Waals surface area contributed by atoms with E-state index in [1.807, 2.05) is 0 Å². The summed E-state index contributed by atoms with van der Waals surface area (Å²) in [4.78, 5) is 0. The van der Waals surface area contributed by atoms with Gasteiger partial charge in [0.05, 0.1) is 4.70 Å². The Hall–Kier alpha value is -1.13. The second-order valence-corrected chi connectivity index (χ2v) is 5.53. The Morgan fingerprint density at radius 1 is 1.24 bits per heavy atom. The lowest BCUT2D eigenvalue weighted by Gasteiger charge is -2.29. The number of benzene rings is 1. The molecular formula is C13H17N3S. The van der Waals surface area contributed by atoms with Crippen LogP contribution in [-0.4, -0.2) is 16.5 Å². The molecule has 2 aromatic rings. The van der Waals surface area contributed by atoms with Gasteiger partial charge in [-0.15, -0.1) is 0 Å². The number of rotatable bonds is 2. The summed E-state index contributed by atoms with van der Waals surface area (Å²) in [5, 5.41) is 4.75. The molecule has 2 atom stereocenters. The van der Waals surface area contributed by atoms with Gasteiger partial charge in [0.2, 0.25) is 0 Å². The summed E-state index contributed by atoms with van der Waals surface area (Å²) in [6.45, 7) is 0. The van der Waals surface area contributed by atoms with Crippen LogP contribution in [0.15, 0.2) is 24.3 Å². The summed E-state index contributed by atoms with van der Waals surface area (Å²) in [5.41, 5.74) is 6.15. The van der Waals surface area contributed by atoms with Crippen molar-refractivity contribution >= 4 is 27.4 Å². The van der Waals surface area contributed by atoms with Crippen molar-refractivity contribution in [3.63, 3.8) is 0 Å². The van der Waals surface area contributed by atoms with Crippen LogP contribution >= 0.6 is 11.5 Å². The molecule has 1 heterocycles. The van der Waals surface area contributed by atoms with Gasteiger partial charge in [0.25, 0.3) is 0 Å². The normalized spacial score (nSPS) is 25.0. The van der Waals surface area contributed by atoms with Crippen LogP contribution in [0.2, 0.25) is 0 Å². The van der Waals surface area contributed by atoms with Gasteiger partial charge in [-0.05, 0) is 36.5 Å². The summed E-state index contributed by atoms with van der Waals surface area (Å²) >= 11 is 1.55. The number of nitrogens with one attached hydrogen (secondary N) is 1. The lowest BCUT2D eigenvalue weighted by Crippen LogP contribution is -2.42. The van der Waals surface area contributed by atoms with Crippen molar-refractivity contribution in [1.82, 2.24) is 4.37 Å². The summed E-state index contributed by atoms with van der Waals surface area (Å²) < 4.78 is 5.73. The first-order valence-electron chi connectivity index (χ1n) is 6.21. The van der Waals surface area contributed by atoms with E-state index in [1.54, 1.807) is 11.5 Å². The fourth-order valence-electron chi connectivity index (χ4n) is 2.50. The molecule has 0 bridgehead atoms. The highest BCUT2D eigenvalue weighted by molar-refractivity contribution is 7.13. The molecule has 1 fully saturated rings. The molecule has 90 valence electrons. The third-order valence-corrected chi connectivity index (χ3v) is 4.35. The Labute approximate surface area is 105 Å². The molecule has 1 aliphatic rings. The predicted molar refractivity (Wildman–Crippen MR) is 73.5 cm³/mol. The van der Waals surface area contributed by atoms with E-state index in [9.17, 15) is 0 Å². The summed E-state index contributed by atoms with van der Waals surface area (Å²) in [6, 6.07) is 8.99. The number of aromatic nitrogens is 1. The first-order chi connectivity index (χ1) is 8.34. The lowest BCUT2D eigenvalue weighted by molar-refractivity contribution is 0.404. The van der Waals surface area contributed by atoms with Crippen LogP contribution in [0.3, 0.4) is 0 Å². The van der Waals surface area contributed by atoms with E-state index in [-0.39, 0.29) is 6.04 Å². The molecule has 1 aromatic heterocycles. The molecule has 0 aliphatic heterocycles. The third-order valence-electron chi connectivity index (χ3n) is 3.52. The monoisotopic (exact) mass is 247 g/mol. The van der Waals surface area contributed by atoms with Gasteiger partial charge in [0.15, 0.2) is 0 Å². The molecular weight excluding hydrogens is 230 g/mol. The maximum atomic E-state index is 6.15. The molecule has 1 saturated carbocycles. The minimum atomic E-state index is 0.268. The average Bonchev–Trinajstić information content (AvgIpc) is 2.76. The quantitative estimate of drug-likeness (QED) is 0.857. The number of hydrogen-bond acceptors (Lipinski definition) is 4. The minimum Gasteiger partial charge on any atom is -0.364 e. The predicted octanol–water partition coefficient (Wildman–Crippen LogP) is 2.98. The molecule has 2 unspecified atom stereocenters. The minimum absolute atomic E-state index is 0.268. The van der Waals surface area contributed by atoms with E-state index in [0.717, 1.165) is 18.7 Å². The zero-order chi connectivity index (χ0) is 11.7. The van der Waals surface area contributed by atoms with Gasteiger partial charge in [-0.2, -0.15) is 4.37 Å². The van der Waals surface area contributed by atoms with Gasteiger partial charge in [-0.25, -0.2) is 0 Å². The van der Waals surface area contributed by atoms with Crippen molar-refractivity contribution < 1.29 is 0 Å². The van der Waals surface area contributed by atoms with Gasteiger partial charge in [-0.1, -0.05) is 25.0 Å². The second-order valence-electron chi connectivity index (χ2n) is 4.73. The zero-order valence-electron chi connectivity index (χ0n) is 9.73. The Morgan fingerprint density at radius 3 is 2.94 bits per heavy atom. The fourth-order valence-corrected chi connectivity index (χ4v) is 3.25. The van der Waals surface area contributed by atoms with Crippen LogP contribution in [0.1, 0.15) is 25.7 Å². The van der Waals surface area contributed by atoms with Gasteiger partial charge in [-0.3, -0.25) is 0 Å². The fraction of sp³-hybridized carbons (Fsp3) is 0.462. The van der Waals surface area contributed by atoms with E-state index in [4.69, 9.17) is 5.73 Å². The first kappa shape index (κ1) is 11.0. The number of hydrogen-bond donors (Lipinski definition) is 2. The Kier molecular flexibility index (Phi) is 2.99. The Balaban J connectivity index is 1.84. The second kappa shape index (κ2) is 4.63. The van der Waals surface area contributed by atoms with Gasteiger partial charge >= 0.3 is 0 Å². The van der Waals surface area contributed by atoms with Gasteiger partial charge in [0, 0.05) is 17.5 Å². The number of nitrogens with zero attached hydrogens (tertiary/aromatic N) is 1. The highest BCUT2D eigenvalue weighted by Gasteiger charge is 2.22. The SMILES string of the molecule is NC1CCCCC1Nc1nsc2ccccc12. The topological polar surface area (TPSA) is 50.9 Å². The third kappa shape index (κ3) is 2.15. The Morgan fingerprint density at radius 2 is 2.06 bits per heavy atom. The van der Waals surface area contributed by atoms with E-state index in [1.165, 1.54) is 22.9 Å². The van der Waals surface area contributed by atoms with E-state index in [0.29, 0.717) is 6.04 Å². The maximum absolute atomic E-state index is 6.15. The molecule has 0 radical (unpaired) electrons. The summed E-state index contributed by atoms with van der Waals surface area (Å²) in [5.74, 6) is 1.01. The zero-order valence-corrected chi connectivity index (χ0v) is 10.5. The molecule has 4 heteroatoms. The molecule has 0 amide bonds. The van der Waals surface area contributed by atoms with Crippen LogP contribution in [0.25, 0.3) is 10.1 Å². The van der Waals surface area contributed by atoms with Gasteiger partial charge in [0.1, 0.15) is 5.82 Å². The number of anilines is 1. The highest BCUT2D eigenvalue weighted by atomic mass is 32.1. The summed E-state index contributed by atoms with van der Waals surface area (Å²) in [6.07, 6.45) is 4.82. The molecule has 1 aliphatic carbocycles. The van der Waals surface area contributed by atoms with Crippen molar-refractivity contribution in [2.24, 2.45) is 5.73 Å². The number of nitrogens with two attached hydrogens (primary N) is 1. The number of fused-ring (bicyclic) bond motifs is 1. The average molecular weight is 247 g/mol. The van der Waals surface area contributed by atoms with Crippen molar-refractivity contribution in [1.29, 1.82) is 0 Å². The molecule has 3 N–H and O–H groups in total. The van der Waals surface area contributed by atoms with Crippen molar-refractivity contribution in [2.75, 3.05) is 5.32 Å². The van der Waals surface area contributed by atoms with Crippen LogP contribution in [0.5, 0.6) is 0 Å². The van der Waals surface area contributed by atoms with Gasteiger partial charge < -0.3 is 11.1 Å². The maximum Gasteiger partial charge on any atom is 0.147 e. The van der Waals surface area contributed by atoms with E-state index in [2.05, 4.69) is 34.0 Å². The van der Waals surface area contributed by atoms with Crippen molar-refractivity contribution in [3.8, 4) is 0 Å². The van der Waals surface area contributed by atoms with E-state index >= 15 is 0 Å². The molecule has 17 heavy (non-hydrogen) atoms. The molecule has 0 spiro atoms. The van der Waals surface area contributed by atoms with Crippen LogP contribution in [-0.2, 0) is 0 Å². The lowest BCUT2D eigenvalue weighted by atomic mass is 9.91. The Bertz CT molecular complexity index is 508. The smallest absolute Gasteiger partial charge is 0.147 e. The van der Waals surface area contributed by atoms with Crippen LogP contribution < -0.4 is 11.1 Å².